The fraction of sp³-hybridized carbons (Fsp3) is 0.773. The molecule has 0 aliphatic carbocycles. The van der Waals surface area contributed by atoms with E-state index in [0.29, 0.717) is 17.3 Å². The Labute approximate surface area is 219 Å². The monoisotopic (exact) mass is 556 g/mol. The average molecular weight is 557 g/mol. The van der Waals surface area contributed by atoms with Crippen LogP contribution >= 0.6 is 35.3 Å². The molecule has 0 bridgehead atoms. The van der Waals surface area contributed by atoms with Crippen molar-refractivity contribution in [1.29, 1.82) is 0 Å². The zero-order valence-corrected chi connectivity index (χ0v) is 23.2. The molecule has 0 spiro atoms. The molecular weight excluding hydrogens is 520 g/mol. The molecule has 0 N–H and O–H groups in total. The SMILES string of the molecule is COC(=O)CCC(=O)OCC(COC(=O)CCSC)(COC(=O)CCSC)COC(=O)CCSC. The first-order valence-electron chi connectivity index (χ1n) is 10.9. The Balaban J connectivity index is 5.49. The molecule has 0 aliphatic heterocycles. The van der Waals surface area contributed by atoms with Crippen LogP contribution in [0.4, 0.5) is 0 Å². The van der Waals surface area contributed by atoms with Gasteiger partial charge in [-0.15, -0.1) is 0 Å². The Kier molecular flexibility index (Phi) is 19.6. The van der Waals surface area contributed by atoms with E-state index in [1.54, 1.807) is 0 Å². The van der Waals surface area contributed by atoms with Gasteiger partial charge >= 0.3 is 29.8 Å². The number of thioether (sulfide) groups is 3. The summed E-state index contributed by atoms with van der Waals surface area (Å²) in [4.78, 5) is 59.9. The van der Waals surface area contributed by atoms with Crippen LogP contribution < -0.4 is 0 Å². The van der Waals surface area contributed by atoms with E-state index in [1.165, 1.54) is 42.4 Å². The third-order valence-electron chi connectivity index (χ3n) is 4.45. The van der Waals surface area contributed by atoms with Gasteiger partial charge in [0.25, 0.3) is 0 Å². The molecule has 35 heavy (non-hydrogen) atoms. The zero-order chi connectivity index (χ0) is 26.5. The summed E-state index contributed by atoms with van der Waals surface area (Å²) >= 11 is 4.44. The molecular formula is C22H36O10S3. The second-order valence-corrected chi connectivity index (χ2v) is 10.4. The minimum atomic E-state index is -1.31. The topological polar surface area (TPSA) is 132 Å². The van der Waals surface area contributed by atoms with E-state index in [9.17, 15) is 24.0 Å². The second kappa shape index (κ2) is 20.6. The van der Waals surface area contributed by atoms with Crippen LogP contribution in [-0.4, -0.2) is 99.4 Å². The molecule has 0 aliphatic rings. The number of esters is 5. The maximum Gasteiger partial charge on any atom is 0.306 e. The van der Waals surface area contributed by atoms with Crippen molar-refractivity contribution in [2.75, 3.05) is 69.6 Å². The van der Waals surface area contributed by atoms with Gasteiger partial charge in [-0.1, -0.05) is 0 Å². The fourth-order valence-electron chi connectivity index (χ4n) is 2.34. The Morgan fingerprint density at radius 1 is 0.514 bits per heavy atom. The Hall–Kier alpha value is -1.60. The number of carbonyl (C=O) groups excluding carboxylic acids is 5. The van der Waals surface area contributed by atoms with Crippen LogP contribution in [0.2, 0.25) is 0 Å². The summed E-state index contributed by atoms with van der Waals surface area (Å²) in [5, 5.41) is 0. The van der Waals surface area contributed by atoms with Crippen molar-refractivity contribution in [1.82, 2.24) is 0 Å². The predicted octanol–water partition coefficient (Wildman–Crippen LogP) is 2.36. The molecule has 202 valence electrons. The maximum absolute atomic E-state index is 12.2. The quantitative estimate of drug-likeness (QED) is 0.161. The van der Waals surface area contributed by atoms with Gasteiger partial charge in [-0.25, -0.2) is 0 Å². The number of hydrogen-bond acceptors (Lipinski definition) is 13. The fourth-order valence-corrected chi connectivity index (χ4v) is 3.45. The number of carbonyl (C=O) groups is 5. The lowest BCUT2D eigenvalue weighted by molar-refractivity contribution is -0.171. The van der Waals surface area contributed by atoms with Crippen LogP contribution in [0.15, 0.2) is 0 Å². The predicted molar refractivity (Wildman–Crippen MR) is 137 cm³/mol. The molecule has 0 amide bonds. The summed E-state index contributed by atoms with van der Waals surface area (Å²) in [5.74, 6) is -1.04. The van der Waals surface area contributed by atoms with Gasteiger partial charge in [-0.05, 0) is 18.8 Å². The minimum Gasteiger partial charge on any atom is -0.469 e. The normalized spacial score (nSPS) is 10.9. The van der Waals surface area contributed by atoms with Crippen molar-refractivity contribution in [2.24, 2.45) is 5.41 Å². The van der Waals surface area contributed by atoms with Gasteiger partial charge in [-0.2, -0.15) is 35.3 Å². The number of ether oxygens (including phenoxy) is 5. The second-order valence-electron chi connectivity index (χ2n) is 7.45. The highest BCUT2D eigenvalue weighted by atomic mass is 32.2. The molecule has 0 heterocycles. The van der Waals surface area contributed by atoms with Gasteiger partial charge in [-0.3, -0.25) is 24.0 Å². The van der Waals surface area contributed by atoms with Crippen molar-refractivity contribution in [2.45, 2.75) is 32.1 Å². The molecule has 13 heteroatoms. The van der Waals surface area contributed by atoms with Crippen LogP contribution in [0.3, 0.4) is 0 Å². The van der Waals surface area contributed by atoms with Gasteiger partial charge in [0, 0.05) is 17.3 Å². The first-order valence-corrected chi connectivity index (χ1v) is 15.1. The van der Waals surface area contributed by atoms with E-state index in [1.807, 2.05) is 18.8 Å². The van der Waals surface area contributed by atoms with Crippen molar-refractivity contribution >= 4 is 65.1 Å². The van der Waals surface area contributed by atoms with Crippen LogP contribution in [0.25, 0.3) is 0 Å². The molecule has 0 unspecified atom stereocenters. The van der Waals surface area contributed by atoms with E-state index in [0.717, 1.165) is 0 Å². The molecule has 0 aromatic carbocycles. The van der Waals surface area contributed by atoms with Gasteiger partial charge in [0.1, 0.15) is 31.8 Å². The van der Waals surface area contributed by atoms with Crippen LogP contribution in [0.1, 0.15) is 32.1 Å². The Morgan fingerprint density at radius 3 is 1.09 bits per heavy atom. The first kappa shape index (κ1) is 33.4. The van der Waals surface area contributed by atoms with Crippen LogP contribution in [-0.2, 0) is 47.7 Å². The number of methoxy groups -OCH3 is 1. The van der Waals surface area contributed by atoms with Crippen molar-refractivity contribution < 1.29 is 47.7 Å². The molecule has 0 aromatic heterocycles. The summed E-state index contributed by atoms with van der Waals surface area (Å²) in [7, 11) is 1.21. The van der Waals surface area contributed by atoms with E-state index in [-0.39, 0.29) is 58.5 Å². The third kappa shape index (κ3) is 17.5. The summed E-state index contributed by atoms with van der Waals surface area (Å²) in [6.45, 7) is -1.24. The van der Waals surface area contributed by atoms with E-state index >= 15 is 0 Å². The van der Waals surface area contributed by atoms with Gasteiger partial charge in [0.15, 0.2) is 0 Å². The zero-order valence-electron chi connectivity index (χ0n) is 20.8. The summed E-state index contributed by atoms with van der Waals surface area (Å²) in [5.41, 5.74) is -1.31. The molecule has 0 saturated carbocycles. The van der Waals surface area contributed by atoms with E-state index in [4.69, 9.17) is 18.9 Å². The third-order valence-corrected chi connectivity index (χ3v) is 6.29. The Bertz CT molecular complexity index is 612. The maximum atomic E-state index is 12.2. The lowest BCUT2D eigenvalue weighted by Crippen LogP contribution is -2.44. The van der Waals surface area contributed by atoms with E-state index in [2.05, 4.69) is 4.74 Å². The minimum absolute atomic E-state index is 0.164. The molecule has 10 nitrogen and oxygen atoms in total. The summed E-state index contributed by atoms with van der Waals surface area (Å²) in [6, 6.07) is 0. The summed E-state index contributed by atoms with van der Waals surface area (Å²) in [6.07, 6.45) is 5.66. The molecule has 0 saturated heterocycles. The highest BCUT2D eigenvalue weighted by Gasteiger charge is 2.38. The molecule has 0 fully saturated rings. The van der Waals surface area contributed by atoms with Crippen LogP contribution in [0.5, 0.6) is 0 Å². The van der Waals surface area contributed by atoms with Gasteiger partial charge < -0.3 is 23.7 Å². The Morgan fingerprint density at radius 2 is 0.800 bits per heavy atom. The van der Waals surface area contributed by atoms with Gasteiger partial charge in [0.05, 0.1) is 39.2 Å². The number of hydrogen-bond donors (Lipinski definition) is 0. The van der Waals surface area contributed by atoms with Crippen molar-refractivity contribution in [3.05, 3.63) is 0 Å². The number of rotatable bonds is 20. The highest BCUT2D eigenvalue weighted by molar-refractivity contribution is 7.99. The van der Waals surface area contributed by atoms with Crippen molar-refractivity contribution in [3.8, 4) is 0 Å². The molecule has 0 atom stereocenters. The molecule has 0 radical (unpaired) electrons. The smallest absolute Gasteiger partial charge is 0.306 e. The first-order chi connectivity index (χ1) is 16.7. The average Bonchev–Trinajstić information content (AvgIpc) is 2.86. The van der Waals surface area contributed by atoms with Crippen LogP contribution in [0, 0.1) is 5.41 Å². The molecule has 0 aromatic rings. The van der Waals surface area contributed by atoms with E-state index < -0.39 is 35.3 Å². The standard InChI is InChI=1S/C22H36O10S3/c1-28-17(23)5-6-18(24)29-13-22(14-30-19(25)7-10-33-2,15-31-20(26)8-11-34-3)16-32-21(27)9-12-35-4/h5-16H2,1-4H3. The van der Waals surface area contributed by atoms with Crippen molar-refractivity contribution in [3.63, 3.8) is 0 Å². The van der Waals surface area contributed by atoms with Gasteiger partial charge in [0.2, 0.25) is 0 Å². The lowest BCUT2D eigenvalue weighted by atomic mass is 9.92. The largest absolute Gasteiger partial charge is 0.469 e. The summed E-state index contributed by atoms with van der Waals surface area (Å²) < 4.78 is 26.0. The highest BCUT2D eigenvalue weighted by Crippen LogP contribution is 2.23. The lowest BCUT2D eigenvalue weighted by Gasteiger charge is -2.31. The molecule has 0 rings (SSSR count).